The van der Waals surface area contributed by atoms with E-state index in [4.69, 9.17) is 0 Å². The molecule has 2 aliphatic heterocycles. The van der Waals surface area contributed by atoms with Crippen LogP contribution in [0.2, 0.25) is 0 Å². The number of rotatable bonds is 1. The van der Waals surface area contributed by atoms with E-state index in [9.17, 15) is 13.5 Å². The van der Waals surface area contributed by atoms with Crippen molar-refractivity contribution in [3.05, 3.63) is 42.2 Å². The molecule has 0 aliphatic carbocycles. The molecule has 4 rings (SSSR count). The number of fused-ring (bicyclic) bond motifs is 3. The van der Waals surface area contributed by atoms with Crippen LogP contribution in [0.25, 0.3) is 10.8 Å². The predicted molar refractivity (Wildman–Crippen MR) is 80.6 cm³/mol. The number of sulfone groups is 1. The van der Waals surface area contributed by atoms with Crippen molar-refractivity contribution in [1.82, 2.24) is 4.98 Å². The largest absolute Gasteiger partial charge is 0.385 e. The molecule has 1 N–H and O–H groups in total. The van der Waals surface area contributed by atoms with Gasteiger partial charge in [-0.2, -0.15) is 0 Å². The Bertz CT molecular complexity index is 790. The lowest BCUT2D eigenvalue weighted by atomic mass is 9.84. The molecule has 1 aromatic heterocycles. The second-order valence-electron chi connectivity index (χ2n) is 6.26. The molecule has 5 heteroatoms. The van der Waals surface area contributed by atoms with Crippen LogP contribution in [0, 0.1) is 0 Å². The molecule has 2 aliphatic rings. The minimum atomic E-state index is -3.04. The summed E-state index contributed by atoms with van der Waals surface area (Å²) in [5, 5.41) is 12.3. The molecule has 110 valence electrons. The number of aliphatic hydroxyl groups is 1. The molecule has 2 atom stereocenters. The summed E-state index contributed by atoms with van der Waals surface area (Å²) in [4.78, 5) is 4.23. The van der Waals surface area contributed by atoms with E-state index in [0.29, 0.717) is 25.7 Å². The summed E-state index contributed by atoms with van der Waals surface area (Å²) in [7, 11) is -3.04. The molecule has 0 spiro atoms. The highest BCUT2D eigenvalue weighted by molar-refractivity contribution is 7.93. The van der Waals surface area contributed by atoms with Crippen LogP contribution in [0.15, 0.2) is 36.7 Å². The third-order valence-corrected chi connectivity index (χ3v) is 7.70. The van der Waals surface area contributed by atoms with Crippen molar-refractivity contribution in [1.29, 1.82) is 0 Å². The highest BCUT2D eigenvalue weighted by Crippen LogP contribution is 2.48. The van der Waals surface area contributed by atoms with Gasteiger partial charge >= 0.3 is 0 Å². The number of benzene rings is 1. The fraction of sp³-hybridized carbons (Fsp3) is 0.438. The maximum absolute atomic E-state index is 12.2. The van der Waals surface area contributed by atoms with Crippen LogP contribution in [-0.2, 0) is 15.4 Å². The summed E-state index contributed by atoms with van der Waals surface area (Å²) in [6.07, 6.45) is 5.40. The minimum Gasteiger partial charge on any atom is -0.385 e. The number of nitrogens with zero attached hydrogens (tertiary/aromatic N) is 1. The van der Waals surface area contributed by atoms with Gasteiger partial charge in [0, 0.05) is 23.3 Å². The number of pyridine rings is 1. The topological polar surface area (TPSA) is 67.3 Å². The van der Waals surface area contributed by atoms with E-state index in [1.807, 2.05) is 24.3 Å². The average Bonchev–Trinajstić information content (AvgIpc) is 2.66. The van der Waals surface area contributed by atoms with Gasteiger partial charge in [0.25, 0.3) is 0 Å². The van der Waals surface area contributed by atoms with Gasteiger partial charge in [-0.05, 0) is 31.1 Å². The summed E-state index contributed by atoms with van der Waals surface area (Å²) in [6, 6.07) is 7.80. The van der Waals surface area contributed by atoms with Crippen molar-refractivity contribution in [2.75, 3.05) is 0 Å². The Labute approximate surface area is 123 Å². The summed E-state index contributed by atoms with van der Waals surface area (Å²) in [5.41, 5.74) is -0.308. The molecule has 3 heterocycles. The Morgan fingerprint density at radius 3 is 2.48 bits per heavy atom. The zero-order valence-corrected chi connectivity index (χ0v) is 12.4. The van der Waals surface area contributed by atoms with Crippen LogP contribution in [0.4, 0.5) is 0 Å². The van der Waals surface area contributed by atoms with Gasteiger partial charge in [0.05, 0.1) is 16.1 Å². The molecule has 4 nitrogen and oxygen atoms in total. The smallest absolute Gasteiger partial charge is 0.156 e. The number of hydrogen-bond donors (Lipinski definition) is 1. The van der Waals surface area contributed by atoms with Crippen LogP contribution in [-0.4, -0.2) is 29.0 Å². The van der Waals surface area contributed by atoms with Gasteiger partial charge in [0.1, 0.15) is 0 Å². The summed E-state index contributed by atoms with van der Waals surface area (Å²) in [6.45, 7) is 0. The molecule has 2 aromatic rings. The standard InChI is InChI=1S/C16H17NO3S/c18-16(7-12-5-6-13(8-16)21(12,19)20)15-10-17-9-11-3-1-2-4-14(11)15/h1-4,9-10,12-13,18H,5-8H2. The minimum absolute atomic E-state index is 0.293. The first-order chi connectivity index (χ1) is 10.0. The van der Waals surface area contributed by atoms with Gasteiger partial charge in [-0.15, -0.1) is 0 Å². The molecule has 0 radical (unpaired) electrons. The monoisotopic (exact) mass is 303 g/mol. The summed E-state index contributed by atoms with van der Waals surface area (Å²) < 4.78 is 24.5. The molecule has 2 bridgehead atoms. The maximum atomic E-state index is 12.2. The summed E-state index contributed by atoms with van der Waals surface area (Å²) in [5.74, 6) is 0. The maximum Gasteiger partial charge on any atom is 0.156 e. The van der Waals surface area contributed by atoms with Gasteiger partial charge in [-0.25, -0.2) is 8.42 Å². The van der Waals surface area contributed by atoms with E-state index in [1.165, 1.54) is 0 Å². The van der Waals surface area contributed by atoms with Gasteiger partial charge < -0.3 is 5.11 Å². The molecule has 2 fully saturated rings. The number of hydrogen-bond acceptors (Lipinski definition) is 4. The van der Waals surface area contributed by atoms with Crippen LogP contribution < -0.4 is 0 Å². The predicted octanol–water partition coefficient (Wildman–Crippen LogP) is 2.16. The quantitative estimate of drug-likeness (QED) is 0.876. The number of aromatic nitrogens is 1. The third-order valence-electron chi connectivity index (χ3n) is 5.04. The van der Waals surface area contributed by atoms with Gasteiger partial charge in [-0.3, -0.25) is 4.98 Å². The van der Waals surface area contributed by atoms with Crippen LogP contribution >= 0.6 is 0 Å². The zero-order valence-electron chi connectivity index (χ0n) is 11.6. The van der Waals surface area contributed by atoms with Crippen LogP contribution in [0.5, 0.6) is 0 Å². The SMILES string of the molecule is O=S1(=O)C2CCC1CC(O)(c1cncc3ccccc13)C2. The van der Waals surface area contributed by atoms with E-state index in [1.54, 1.807) is 12.4 Å². The first-order valence-electron chi connectivity index (χ1n) is 7.29. The van der Waals surface area contributed by atoms with Crippen LogP contribution in [0.3, 0.4) is 0 Å². The Morgan fingerprint density at radius 1 is 1.10 bits per heavy atom. The van der Waals surface area contributed by atoms with Crippen molar-refractivity contribution in [3.8, 4) is 0 Å². The van der Waals surface area contributed by atoms with Crippen molar-refractivity contribution in [3.63, 3.8) is 0 Å². The highest BCUT2D eigenvalue weighted by Gasteiger charge is 2.53. The van der Waals surface area contributed by atoms with Crippen LogP contribution in [0.1, 0.15) is 31.2 Å². The molecule has 1 aromatic carbocycles. The van der Waals surface area contributed by atoms with Crippen molar-refractivity contribution < 1.29 is 13.5 Å². The molecule has 0 saturated carbocycles. The van der Waals surface area contributed by atoms with E-state index in [-0.39, 0.29) is 0 Å². The third kappa shape index (κ3) is 1.84. The fourth-order valence-electron chi connectivity index (χ4n) is 3.95. The first-order valence-corrected chi connectivity index (χ1v) is 8.90. The van der Waals surface area contributed by atoms with Gasteiger partial charge in [-0.1, -0.05) is 24.3 Å². The zero-order chi connectivity index (χ0) is 14.7. The summed E-state index contributed by atoms with van der Waals surface area (Å²) >= 11 is 0. The fourth-order valence-corrected chi connectivity index (χ4v) is 6.44. The first kappa shape index (κ1) is 13.2. The van der Waals surface area contributed by atoms with E-state index < -0.39 is 25.9 Å². The van der Waals surface area contributed by atoms with Crippen molar-refractivity contribution in [2.24, 2.45) is 0 Å². The lowest BCUT2D eigenvalue weighted by Gasteiger charge is -2.36. The normalized spacial score (nSPS) is 34.1. The Balaban J connectivity index is 1.86. The Morgan fingerprint density at radius 2 is 1.76 bits per heavy atom. The van der Waals surface area contributed by atoms with Gasteiger partial charge in [0.2, 0.25) is 0 Å². The van der Waals surface area contributed by atoms with E-state index in [0.717, 1.165) is 16.3 Å². The molecular formula is C16H17NO3S. The second kappa shape index (κ2) is 4.27. The average molecular weight is 303 g/mol. The Hall–Kier alpha value is -1.46. The van der Waals surface area contributed by atoms with E-state index >= 15 is 0 Å². The molecule has 0 amide bonds. The van der Waals surface area contributed by atoms with Crippen molar-refractivity contribution >= 4 is 20.6 Å². The lowest BCUT2D eigenvalue weighted by Crippen LogP contribution is -2.43. The molecule has 2 unspecified atom stereocenters. The Kier molecular flexibility index (Phi) is 2.69. The highest BCUT2D eigenvalue weighted by atomic mass is 32.2. The van der Waals surface area contributed by atoms with Gasteiger partial charge in [0.15, 0.2) is 9.84 Å². The molecule has 2 saturated heterocycles. The molecule has 21 heavy (non-hydrogen) atoms. The van der Waals surface area contributed by atoms with E-state index in [2.05, 4.69) is 4.98 Å². The lowest BCUT2D eigenvalue weighted by molar-refractivity contribution is 0.0185. The van der Waals surface area contributed by atoms with Crippen molar-refractivity contribution in [2.45, 2.75) is 41.8 Å². The second-order valence-corrected chi connectivity index (χ2v) is 8.77. The molecular weight excluding hydrogens is 286 g/mol.